The summed E-state index contributed by atoms with van der Waals surface area (Å²) in [5.41, 5.74) is 2.64. The first-order valence-electron chi connectivity index (χ1n) is 7.65. The summed E-state index contributed by atoms with van der Waals surface area (Å²) < 4.78 is 7.03. The lowest BCUT2D eigenvalue weighted by atomic mass is 10.2. The molecule has 0 unspecified atom stereocenters. The summed E-state index contributed by atoms with van der Waals surface area (Å²) in [6.45, 7) is 2.02. The number of hydrazone groups is 1. The van der Waals surface area contributed by atoms with Crippen molar-refractivity contribution in [2.75, 3.05) is 12.1 Å². The fraction of sp³-hybridized carbons (Fsp3) is 0.167. The van der Waals surface area contributed by atoms with Crippen LogP contribution in [0.5, 0.6) is 5.75 Å². The third-order valence-corrected chi connectivity index (χ3v) is 4.03. The van der Waals surface area contributed by atoms with Gasteiger partial charge in [0.05, 0.1) is 23.8 Å². The van der Waals surface area contributed by atoms with E-state index in [1.807, 2.05) is 53.1 Å². The molecular formula is C18H16N4O2. The minimum absolute atomic E-state index is 0.0994. The van der Waals surface area contributed by atoms with E-state index in [-0.39, 0.29) is 5.78 Å². The molecule has 3 aromatic rings. The zero-order valence-electron chi connectivity index (χ0n) is 13.4. The standard InChI is InChI=1S/C18H16N4O2/c1-12(23)18-20-21(13-7-9-14(24-2)10-8-13)11-17-19-15-5-3-4-6-16(15)22(17)18/h3-10H,11H2,1-2H3. The monoisotopic (exact) mass is 320 g/mol. The molecule has 24 heavy (non-hydrogen) atoms. The van der Waals surface area contributed by atoms with E-state index in [0.717, 1.165) is 28.3 Å². The van der Waals surface area contributed by atoms with Crippen LogP contribution in [0.2, 0.25) is 0 Å². The lowest BCUT2D eigenvalue weighted by Crippen LogP contribution is -2.34. The Morgan fingerprint density at radius 3 is 2.58 bits per heavy atom. The van der Waals surface area contributed by atoms with Gasteiger partial charge in [0.2, 0.25) is 5.84 Å². The lowest BCUT2D eigenvalue weighted by molar-refractivity contribution is -0.111. The number of aromatic nitrogens is 2. The van der Waals surface area contributed by atoms with E-state index < -0.39 is 0 Å². The molecule has 1 aliphatic heterocycles. The summed E-state index contributed by atoms with van der Waals surface area (Å²) in [6.07, 6.45) is 0. The van der Waals surface area contributed by atoms with Crippen molar-refractivity contribution in [3.63, 3.8) is 0 Å². The number of para-hydroxylation sites is 2. The van der Waals surface area contributed by atoms with Crippen LogP contribution in [0.25, 0.3) is 11.0 Å². The van der Waals surface area contributed by atoms with Gasteiger partial charge in [-0.3, -0.25) is 14.4 Å². The number of carbonyl (C=O) groups is 1. The number of carbonyl (C=O) groups excluding carboxylic acids is 1. The van der Waals surface area contributed by atoms with E-state index in [1.54, 1.807) is 12.1 Å². The number of ketones is 1. The Hall–Kier alpha value is -3.15. The Morgan fingerprint density at radius 1 is 1.12 bits per heavy atom. The molecule has 0 N–H and O–H groups in total. The van der Waals surface area contributed by atoms with E-state index in [2.05, 4.69) is 10.1 Å². The summed E-state index contributed by atoms with van der Waals surface area (Å²) in [7, 11) is 1.63. The highest BCUT2D eigenvalue weighted by Crippen LogP contribution is 2.26. The van der Waals surface area contributed by atoms with Gasteiger partial charge in [-0.1, -0.05) is 12.1 Å². The molecule has 0 fully saturated rings. The maximum Gasteiger partial charge on any atom is 0.202 e. The van der Waals surface area contributed by atoms with Gasteiger partial charge in [-0.25, -0.2) is 4.98 Å². The average Bonchev–Trinajstić information content (AvgIpc) is 2.99. The Balaban J connectivity index is 1.83. The molecule has 0 amide bonds. The summed E-state index contributed by atoms with van der Waals surface area (Å²) in [5, 5.41) is 6.34. The number of methoxy groups -OCH3 is 1. The first kappa shape index (κ1) is 14.4. The summed E-state index contributed by atoms with van der Waals surface area (Å²) in [6, 6.07) is 15.3. The number of Topliss-reactive ketones (excluding diaryl/α,β-unsaturated/α-hetero) is 1. The molecule has 6 heteroatoms. The van der Waals surface area contributed by atoms with Crippen LogP contribution >= 0.6 is 0 Å². The molecule has 6 nitrogen and oxygen atoms in total. The second-order valence-corrected chi connectivity index (χ2v) is 5.59. The van der Waals surface area contributed by atoms with Gasteiger partial charge >= 0.3 is 0 Å². The maximum absolute atomic E-state index is 12.2. The molecule has 120 valence electrons. The first-order valence-corrected chi connectivity index (χ1v) is 7.65. The molecule has 0 atom stereocenters. The Bertz CT molecular complexity index is 957. The minimum atomic E-state index is -0.0994. The van der Waals surface area contributed by atoms with Crippen molar-refractivity contribution < 1.29 is 9.53 Å². The van der Waals surface area contributed by atoms with Crippen LogP contribution in [0.1, 0.15) is 12.7 Å². The average molecular weight is 320 g/mol. The maximum atomic E-state index is 12.2. The van der Waals surface area contributed by atoms with Crippen LogP contribution in [-0.2, 0) is 11.3 Å². The van der Waals surface area contributed by atoms with Crippen molar-refractivity contribution in [2.45, 2.75) is 13.5 Å². The van der Waals surface area contributed by atoms with Gasteiger partial charge in [0, 0.05) is 6.92 Å². The summed E-state index contributed by atoms with van der Waals surface area (Å²) >= 11 is 0. The van der Waals surface area contributed by atoms with Gasteiger partial charge < -0.3 is 4.74 Å². The zero-order chi connectivity index (χ0) is 16.7. The van der Waals surface area contributed by atoms with E-state index in [4.69, 9.17) is 4.74 Å². The SMILES string of the molecule is COc1ccc(N2Cc3nc4ccccc4n3C(C(C)=O)=N2)cc1. The molecular weight excluding hydrogens is 304 g/mol. The summed E-state index contributed by atoms with van der Waals surface area (Å²) in [5.74, 6) is 1.85. The molecule has 0 saturated carbocycles. The Kier molecular flexibility index (Phi) is 3.30. The molecule has 4 rings (SSSR count). The van der Waals surface area contributed by atoms with Crippen molar-refractivity contribution in [2.24, 2.45) is 5.10 Å². The van der Waals surface area contributed by atoms with Crippen LogP contribution in [0.3, 0.4) is 0 Å². The van der Waals surface area contributed by atoms with Gasteiger partial charge in [0.15, 0.2) is 5.78 Å². The fourth-order valence-electron chi connectivity index (χ4n) is 2.88. The van der Waals surface area contributed by atoms with Crippen LogP contribution in [-0.4, -0.2) is 28.3 Å². The quantitative estimate of drug-likeness (QED) is 0.744. The van der Waals surface area contributed by atoms with Gasteiger partial charge in [0.25, 0.3) is 0 Å². The van der Waals surface area contributed by atoms with Gasteiger partial charge in [-0.15, -0.1) is 5.10 Å². The molecule has 1 aromatic heterocycles. The van der Waals surface area contributed by atoms with E-state index in [1.165, 1.54) is 6.92 Å². The molecule has 2 aromatic carbocycles. The van der Waals surface area contributed by atoms with Crippen LogP contribution in [0.15, 0.2) is 53.6 Å². The predicted molar refractivity (Wildman–Crippen MR) is 92.4 cm³/mol. The topological polar surface area (TPSA) is 59.7 Å². The number of fused-ring (bicyclic) bond motifs is 3. The third kappa shape index (κ3) is 2.23. The van der Waals surface area contributed by atoms with E-state index in [9.17, 15) is 4.79 Å². The number of hydrogen-bond acceptors (Lipinski definition) is 5. The molecule has 1 aliphatic rings. The van der Waals surface area contributed by atoms with Crippen LogP contribution in [0, 0.1) is 0 Å². The van der Waals surface area contributed by atoms with Crippen molar-refractivity contribution in [1.29, 1.82) is 0 Å². The van der Waals surface area contributed by atoms with Crippen molar-refractivity contribution in [1.82, 2.24) is 9.55 Å². The molecule has 0 spiro atoms. The van der Waals surface area contributed by atoms with Crippen molar-refractivity contribution in [3.05, 3.63) is 54.4 Å². The second-order valence-electron chi connectivity index (χ2n) is 5.59. The highest BCUT2D eigenvalue weighted by atomic mass is 16.5. The molecule has 0 saturated heterocycles. The molecule has 2 heterocycles. The van der Waals surface area contributed by atoms with E-state index >= 15 is 0 Å². The largest absolute Gasteiger partial charge is 0.497 e. The number of nitrogens with zero attached hydrogens (tertiary/aromatic N) is 4. The first-order chi connectivity index (χ1) is 11.7. The zero-order valence-corrected chi connectivity index (χ0v) is 13.4. The molecule has 0 bridgehead atoms. The normalized spacial score (nSPS) is 13.6. The highest BCUT2D eigenvalue weighted by Gasteiger charge is 2.25. The number of imidazole rings is 1. The predicted octanol–water partition coefficient (Wildman–Crippen LogP) is 2.82. The third-order valence-electron chi connectivity index (χ3n) is 4.03. The highest BCUT2D eigenvalue weighted by molar-refractivity contribution is 6.40. The smallest absolute Gasteiger partial charge is 0.202 e. The minimum Gasteiger partial charge on any atom is -0.497 e. The number of rotatable bonds is 3. The second kappa shape index (κ2) is 5.49. The number of ether oxygens (including phenoxy) is 1. The lowest BCUT2D eigenvalue weighted by Gasteiger charge is -2.25. The fourth-order valence-corrected chi connectivity index (χ4v) is 2.88. The summed E-state index contributed by atoms with van der Waals surface area (Å²) in [4.78, 5) is 16.8. The van der Waals surface area contributed by atoms with Crippen LogP contribution in [0.4, 0.5) is 5.69 Å². The van der Waals surface area contributed by atoms with Crippen LogP contribution < -0.4 is 9.75 Å². The van der Waals surface area contributed by atoms with Crippen molar-refractivity contribution >= 4 is 28.3 Å². The Labute approximate surface area is 139 Å². The number of anilines is 1. The van der Waals surface area contributed by atoms with Gasteiger partial charge in [0.1, 0.15) is 18.1 Å². The Morgan fingerprint density at radius 2 is 1.88 bits per heavy atom. The number of hydrogen-bond donors (Lipinski definition) is 0. The molecule has 0 radical (unpaired) electrons. The molecule has 0 aliphatic carbocycles. The van der Waals surface area contributed by atoms with Crippen molar-refractivity contribution in [3.8, 4) is 5.75 Å². The number of benzene rings is 2. The van der Waals surface area contributed by atoms with E-state index in [0.29, 0.717) is 12.4 Å². The van der Waals surface area contributed by atoms with Gasteiger partial charge in [-0.05, 0) is 36.4 Å². The van der Waals surface area contributed by atoms with Gasteiger partial charge in [-0.2, -0.15) is 0 Å².